The zero-order valence-corrected chi connectivity index (χ0v) is 19.8. The maximum absolute atomic E-state index is 12.8. The minimum absolute atomic E-state index is 0.264. The van der Waals surface area contributed by atoms with Crippen LogP contribution in [0.4, 0.5) is 4.79 Å². The van der Waals surface area contributed by atoms with Gasteiger partial charge in [0, 0.05) is 0 Å². The van der Waals surface area contributed by atoms with Gasteiger partial charge in [-0.05, 0) is 50.3 Å². The molecule has 0 aliphatic rings. The Hall–Kier alpha value is -2.24. The van der Waals surface area contributed by atoms with E-state index in [0.29, 0.717) is 19.3 Å². The van der Waals surface area contributed by atoms with Crippen molar-refractivity contribution in [2.75, 3.05) is 20.3 Å². The van der Waals surface area contributed by atoms with Gasteiger partial charge < -0.3 is 19.5 Å². The lowest BCUT2D eigenvalue weighted by Gasteiger charge is -2.32. The van der Waals surface area contributed by atoms with Crippen LogP contribution in [0.2, 0.25) is 0 Å². The van der Waals surface area contributed by atoms with Crippen LogP contribution in [-0.4, -0.2) is 37.9 Å². The molecule has 1 aromatic carbocycles. The number of unbranched alkanes of at least 4 members (excludes halogenated alkanes) is 5. The number of rotatable bonds is 16. The average Bonchev–Trinajstić information content (AvgIpc) is 2.78. The van der Waals surface area contributed by atoms with Crippen LogP contribution in [0.3, 0.4) is 0 Å². The third kappa shape index (κ3) is 10.1. The number of esters is 1. The number of carbonyl (C=O) groups is 2. The quantitative estimate of drug-likeness (QED) is 0.262. The fourth-order valence-electron chi connectivity index (χ4n) is 3.51. The number of benzene rings is 1. The third-order valence-corrected chi connectivity index (χ3v) is 5.43. The Morgan fingerprint density at radius 3 is 2.19 bits per heavy atom. The molecule has 1 unspecified atom stereocenters. The number of nitrogens with one attached hydrogen (secondary N) is 1. The first-order chi connectivity index (χ1) is 15.0. The van der Waals surface area contributed by atoms with Gasteiger partial charge in [0.2, 0.25) is 0 Å². The van der Waals surface area contributed by atoms with Crippen molar-refractivity contribution in [3.05, 3.63) is 29.8 Å². The van der Waals surface area contributed by atoms with E-state index >= 15 is 0 Å². The highest BCUT2D eigenvalue weighted by Crippen LogP contribution is 2.25. The molecular weight excluding hydrogens is 394 g/mol. The lowest BCUT2D eigenvalue weighted by Crippen LogP contribution is -2.55. The Kier molecular flexibility index (Phi) is 13.4. The predicted molar refractivity (Wildman–Crippen MR) is 123 cm³/mol. The summed E-state index contributed by atoms with van der Waals surface area (Å²) in [6.45, 7) is 7.03. The smallest absolute Gasteiger partial charge is 0.407 e. The monoisotopic (exact) mass is 435 g/mol. The van der Waals surface area contributed by atoms with Gasteiger partial charge in [0.05, 0.1) is 20.3 Å². The van der Waals surface area contributed by atoms with Crippen molar-refractivity contribution in [3.8, 4) is 5.75 Å². The number of methoxy groups -OCH3 is 1. The summed E-state index contributed by atoms with van der Waals surface area (Å²) in [6, 6.07) is 7.96. The second-order valence-electron chi connectivity index (χ2n) is 7.93. The Bertz CT molecular complexity index is 631. The Morgan fingerprint density at radius 2 is 1.58 bits per heavy atom. The molecule has 1 rings (SSSR count). The van der Waals surface area contributed by atoms with Crippen LogP contribution >= 0.6 is 0 Å². The molecule has 1 atom stereocenters. The molecule has 1 amide bonds. The molecule has 0 aliphatic heterocycles. The average molecular weight is 436 g/mol. The van der Waals surface area contributed by atoms with E-state index in [9.17, 15) is 9.59 Å². The molecule has 0 bridgehead atoms. The molecule has 0 spiro atoms. The second-order valence-corrected chi connectivity index (χ2v) is 7.93. The second kappa shape index (κ2) is 15.5. The SMILES string of the molecule is CCCCCCCOc1ccc(CCC(CCCC)(NC(=O)OC)C(=O)OCC)cc1. The summed E-state index contributed by atoms with van der Waals surface area (Å²) < 4.78 is 15.9. The zero-order valence-electron chi connectivity index (χ0n) is 19.8. The van der Waals surface area contributed by atoms with Gasteiger partial charge in [-0.2, -0.15) is 0 Å². The summed E-state index contributed by atoms with van der Waals surface area (Å²) in [5.74, 6) is 0.450. The van der Waals surface area contributed by atoms with E-state index in [-0.39, 0.29) is 6.61 Å². The van der Waals surface area contributed by atoms with Crippen molar-refractivity contribution in [3.63, 3.8) is 0 Å². The number of ether oxygens (including phenoxy) is 3. The largest absolute Gasteiger partial charge is 0.494 e. The van der Waals surface area contributed by atoms with E-state index in [4.69, 9.17) is 14.2 Å². The molecule has 0 aromatic heterocycles. The van der Waals surface area contributed by atoms with Crippen LogP contribution in [0.25, 0.3) is 0 Å². The number of carbonyl (C=O) groups excluding carboxylic acids is 2. The predicted octanol–water partition coefficient (Wildman–Crippen LogP) is 5.82. The number of hydrogen-bond donors (Lipinski definition) is 1. The molecule has 0 aliphatic carbocycles. The van der Waals surface area contributed by atoms with Gasteiger partial charge in [0.15, 0.2) is 0 Å². The summed E-state index contributed by atoms with van der Waals surface area (Å²) in [6.07, 6.45) is 8.73. The fourth-order valence-corrected chi connectivity index (χ4v) is 3.51. The van der Waals surface area contributed by atoms with E-state index in [1.54, 1.807) is 6.92 Å². The van der Waals surface area contributed by atoms with Crippen LogP contribution in [0.15, 0.2) is 24.3 Å². The molecule has 0 radical (unpaired) electrons. The summed E-state index contributed by atoms with van der Waals surface area (Å²) in [5.41, 5.74) is -0.0145. The summed E-state index contributed by atoms with van der Waals surface area (Å²) >= 11 is 0. The van der Waals surface area contributed by atoms with Crippen LogP contribution in [0, 0.1) is 0 Å². The van der Waals surface area contributed by atoms with Crippen molar-refractivity contribution >= 4 is 12.1 Å². The number of aryl methyl sites for hydroxylation is 1. The molecule has 1 aromatic rings. The molecule has 6 heteroatoms. The molecule has 1 N–H and O–H groups in total. The molecule has 0 heterocycles. The lowest BCUT2D eigenvalue weighted by atomic mass is 9.86. The maximum Gasteiger partial charge on any atom is 0.407 e. The van der Waals surface area contributed by atoms with E-state index in [1.807, 2.05) is 24.3 Å². The Labute approximate surface area is 188 Å². The van der Waals surface area contributed by atoms with Crippen LogP contribution in [0.5, 0.6) is 5.75 Å². The van der Waals surface area contributed by atoms with Gasteiger partial charge >= 0.3 is 12.1 Å². The first-order valence-corrected chi connectivity index (χ1v) is 11.8. The lowest BCUT2D eigenvalue weighted by molar-refractivity contribution is -0.151. The van der Waals surface area contributed by atoms with Crippen molar-refractivity contribution in [1.82, 2.24) is 5.32 Å². The summed E-state index contributed by atoms with van der Waals surface area (Å²) in [4.78, 5) is 24.8. The van der Waals surface area contributed by atoms with E-state index in [2.05, 4.69) is 19.2 Å². The topological polar surface area (TPSA) is 73.9 Å². The molecule has 176 valence electrons. The van der Waals surface area contributed by atoms with Crippen LogP contribution in [0.1, 0.15) is 84.1 Å². The van der Waals surface area contributed by atoms with Crippen molar-refractivity contribution in [2.45, 2.75) is 90.5 Å². The highest BCUT2D eigenvalue weighted by Gasteiger charge is 2.40. The first-order valence-electron chi connectivity index (χ1n) is 11.8. The van der Waals surface area contributed by atoms with Gasteiger partial charge in [-0.25, -0.2) is 9.59 Å². The van der Waals surface area contributed by atoms with Crippen LogP contribution < -0.4 is 10.1 Å². The zero-order chi connectivity index (χ0) is 23.0. The highest BCUT2D eigenvalue weighted by atomic mass is 16.5. The van der Waals surface area contributed by atoms with Crippen molar-refractivity contribution < 1.29 is 23.8 Å². The molecule has 6 nitrogen and oxygen atoms in total. The highest BCUT2D eigenvalue weighted by molar-refractivity contribution is 5.85. The van der Waals surface area contributed by atoms with E-state index < -0.39 is 17.6 Å². The summed E-state index contributed by atoms with van der Waals surface area (Å²) in [5, 5.41) is 2.77. The minimum atomic E-state index is -1.09. The normalized spacial score (nSPS) is 12.6. The number of alkyl carbamates (subject to hydrolysis) is 1. The van der Waals surface area contributed by atoms with Crippen molar-refractivity contribution in [2.24, 2.45) is 0 Å². The first kappa shape index (κ1) is 26.8. The van der Waals surface area contributed by atoms with Gasteiger partial charge in [-0.3, -0.25) is 0 Å². The molecule has 0 saturated heterocycles. The van der Waals surface area contributed by atoms with Gasteiger partial charge in [0.1, 0.15) is 11.3 Å². The molecule has 0 fully saturated rings. The Balaban J connectivity index is 2.73. The standard InChI is InChI=1S/C25H41NO5/c1-5-8-10-11-12-20-31-22-15-13-21(14-16-22)17-19-25(18-9-6-2,23(27)30-7-3)26-24(28)29-4/h13-16H,5-12,17-20H2,1-4H3,(H,26,28). The molecular formula is C25H41NO5. The fraction of sp³-hybridized carbons (Fsp3) is 0.680. The van der Waals surface area contributed by atoms with Gasteiger partial charge in [-0.1, -0.05) is 64.5 Å². The van der Waals surface area contributed by atoms with Crippen LogP contribution in [-0.2, 0) is 20.7 Å². The minimum Gasteiger partial charge on any atom is -0.494 e. The number of amides is 1. The van der Waals surface area contributed by atoms with Gasteiger partial charge in [0.25, 0.3) is 0 Å². The Morgan fingerprint density at radius 1 is 0.903 bits per heavy atom. The van der Waals surface area contributed by atoms with Crippen molar-refractivity contribution in [1.29, 1.82) is 0 Å². The number of hydrogen-bond acceptors (Lipinski definition) is 5. The van der Waals surface area contributed by atoms with E-state index in [0.717, 1.165) is 37.2 Å². The van der Waals surface area contributed by atoms with E-state index in [1.165, 1.54) is 32.8 Å². The summed E-state index contributed by atoms with van der Waals surface area (Å²) in [7, 11) is 1.30. The maximum atomic E-state index is 12.8. The molecule has 0 saturated carbocycles. The third-order valence-electron chi connectivity index (χ3n) is 5.43. The molecule has 31 heavy (non-hydrogen) atoms. The van der Waals surface area contributed by atoms with Gasteiger partial charge in [-0.15, -0.1) is 0 Å².